The zero-order valence-corrected chi connectivity index (χ0v) is 5.28. The number of rotatable bonds is 0. The minimum Gasteiger partial charge on any atom is -0.264 e. The summed E-state index contributed by atoms with van der Waals surface area (Å²) >= 11 is 3.53. The van der Waals surface area contributed by atoms with Gasteiger partial charge in [0.2, 0.25) is 0 Å². The molecule has 0 aliphatic carbocycles. The maximum absolute atomic E-state index is 8.74. The van der Waals surface area contributed by atoms with Crippen LogP contribution in [0.15, 0.2) is 0 Å². The van der Waals surface area contributed by atoms with Crippen molar-refractivity contribution in [2.45, 2.75) is 0 Å². The molecule has 0 aromatic heterocycles. The van der Waals surface area contributed by atoms with Gasteiger partial charge in [0.1, 0.15) is 0 Å². The van der Waals surface area contributed by atoms with E-state index in [1.54, 1.807) is 6.26 Å². The third-order valence-corrected chi connectivity index (χ3v) is 0. The lowest BCUT2D eigenvalue weighted by Crippen LogP contribution is -1.89. The van der Waals surface area contributed by atoms with Crippen LogP contribution in [0.4, 0.5) is 0 Å². The van der Waals surface area contributed by atoms with Gasteiger partial charge in [0.15, 0.2) is 0 Å². The molecule has 0 atom stereocenters. The van der Waals surface area contributed by atoms with Gasteiger partial charge in [-0.25, -0.2) is 0 Å². The highest BCUT2D eigenvalue weighted by Crippen LogP contribution is 1.59. The van der Waals surface area contributed by atoms with Crippen molar-refractivity contribution >= 4 is 23.0 Å². The van der Waals surface area contributed by atoms with Gasteiger partial charge in [-0.3, -0.25) is 9.11 Å². The molecule has 0 radical (unpaired) electrons. The Hall–Kier alpha value is 0.220. The van der Waals surface area contributed by atoms with E-state index in [4.69, 9.17) is 17.5 Å². The smallest absolute Gasteiger partial charge is 0.264 e. The van der Waals surface area contributed by atoms with Crippen LogP contribution in [0.25, 0.3) is 0 Å². The zero-order chi connectivity index (χ0) is 6.50. The molecular formula is CH6O4S2. The molecule has 0 spiro atoms. The summed E-state index contributed by atoms with van der Waals surface area (Å²) in [7, 11) is -4.67. The molecule has 0 unspecified atom stereocenters. The molecule has 2 N–H and O–H groups in total. The Kier molecular flexibility index (Phi) is 6.42. The van der Waals surface area contributed by atoms with Crippen LogP contribution in [0.3, 0.4) is 0 Å². The molecular weight excluding hydrogens is 140 g/mol. The fourth-order valence-corrected chi connectivity index (χ4v) is 0. The fraction of sp³-hybridized carbons (Fsp3) is 1.00. The fourth-order valence-electron chi connectivity index (χ4n) is 0. The summed E-state index contributed by atoms with van der Waals surface area (Å²) in [4.78, 5) is 0. The predicted octanol–water partition coefficient (Wildman–Crippen LogP) is -0.107. The zero-order valence-electron chi connectivity index (χ0n) is 3.57. The second kappa shape index (κ2) is 4.38. The van der Waals surface area contributed by atoms with E-state index >= 15 is 0 Å². The van der Waals surface area contributed by atoms with Crippen LogP contribution in [0.5, 0.6) is 0 Å². The molecule has 0 saturated heterocycles. The Bertz CT molecular complexity index is 92.9. The first kappa shape index (κ1) is 10.3. The van der Waals surface area contributed by atoms with Gasteiger partial charge in [0.25, 0.3) is 0 Å². The van der Waals surface area contributed by atoms with Crippen LogP contribution in [0, 0.1) is 0 Å². The first-order valence-electron chi connectivity index (χ1n) is 1.15. The molecule has 0 amide bonds. The minimum absolute atomic E-state index is 1.69. The van der Waals surface area contributed by atoms with Crippen LogP contribution < -0.4 is 0 Å². The Morgan fingerprint density at radius 1 is 1.29 bits per heavy atom. The lowest BCUT2D eigenvalue weighted by Gasteiger charge is -1.68. The van der Waals surface area contributed by atoms with Gasteiger partial charge in [0.05, 0.1) is 0 Å². The molecule has 4 nitrogen and oxygen atoms in total. The molecule has 46 valence electrons. The third kappa shape index (κ3) is 2290. The van der Waals surface area contributed by atoms with Crippen molar-refractivity contribution in [2.24, 2.45) is 0 Å². The lowest BCUT2D eigenvalue weighted by atomic mass is 12.0. The summed E-state index contributed by atoms with van der Waals surface area (Å²) in [6.07, 6.45) is 1.69. The van der Waals surface area contributed by atoms with Gasteiger partial charge in [0, 0.05) is 0 Å². The van der Waals surface area contributed by atoms with Gasteiger partial charge in [-0.05, 0) is 6.26 Å². The van der Waals surface area contributed by atoms with Gasteiger partial charge in [-0.15, -0.1) is 0 Å². The Balaban J connectivity index is 0. The van der Waals surface area contributed by atoms with Crippen molar-refractivity contribution in [3.63, 3.8) is 0 Å². The molecule has 0 heterocycles. The van der Waals surface area contributed by atoms with Crippen LogP contribution in [0.2, 0.25) is 0 Å². The van der Waals surface area contributed by atoms with Crippen LogP contribution >= 0.6 is 12.6 Å². The maximum atomic E-state index is 8.74. The van der Waals surface area contributed by atoms with Gasteiger partial charge in [-0.2, -0.15) is 21.0 Å². The first-order valence-corrected chi connectivity index (χ1v) is 3.44. The Labute approximate surface area is 47.5 Å². The SMILES string of the molecule is CS.O=S(=O)(O)O. The molecule has 0 rings (SSSR count). The summed E-state index contributed by atoms with van der Waals surface area (Å²) in [6, 6.07) is 0. The highest BCUT2D eigenvalue weighted by Gasteiger charge is 1.84. The first-order chi connectivity index (χ1) is 3.00. The highest BCUT2D eigenvalue weighted by molar-refractivity contribution is 7.80. The van der Waals surface area contributed by atoms with E-state index in [9.17, 15) is 0 Å². The standard InChI is InChI=1S/CH4S.H2O4S/c1-2;1-5(2,3)4/h2H,1H3;(H2,1,2,3,4). The van der Waals surface area contributed by atoms with E-state index < -0.39 is 10.4 Å². The normalized spacial score (nSPS) is 9.14. The summed E-state index contributed by atoms with van der Waals surface area (Å²) in [5.74, 6) is 0. The summed E-state index contributed by atoms with van der Waals surface area (Å²) in [5, 5.41) is 0. The van der Waals surface area contributed by atoms with Gasteiger partial charge in [-0.1, -0.05) is 0 Å². The number of hydrogen-bond acceptors (Lipinski definition) is 3. The second-order valence-electron chi connectivity index (χ2n) is 0.448. The molecule has 0 bridgehead atoms. The maximum Gasteiger partial charge on any atom is 0.394 e. The average molecular weight is 146 g/mol. The lowest BCUT2D eigenvalue weighted by molar-refractivity contribution is 0.381. The molecule has 0 aliphatic heterocycles. The summed E-state index contributed by atoms with van der Waals surface area (Å²) in [5.41, 5.74) is 0. The second-order valence-corrected chi connectivity index (χ2v) is 1.34. The minimum atomic E-state index is -4.67. The molecule has 0 aromatic carbocycles. The highest BCUT2D eigenvalue weighted by atomic mass is 32.3. The van der Waals surface area contributed by atoms with Gasteiger partial charge >= 0.3 is 10.4 Å². The third-order valence-electron chi connectivity index (χ3n) is 0. The largest absolute Gasteiger partial charge is 0.394 e. The van der Waals surface area contributed by atoms with Crippen molar-refractivity contribution in [3.05, 3.63) is 0 Å². The van der Waals surface area contributed by atoms with Crippen molar-refractivity contribution in [1.29, 1.82) is 0 Å². The topological polar surface area (TPSA) is 74.6 Å². The number of hydrogen-bond donors (Lipinski definition) is 3. The molecule has 0 aromatic rings. The summed E-state index contributed by atoms with van der Waals surface area (Å²) in [6.45, 7) is 0. The van der Waals surface area contributed by atoms with E-state index in [2.05, 4.69) is 12.6 Å². The summed E-state index contributed by atoms with van der Waals surface area (Å²) < 4.78 is 31.6. The van der Waals surface area contributed by atoms with Gasteiger partial charge < -0.3 is 0 Å². The van der Waals surface area contributed by atoms with Crippen molar-refractivity contribution in [1.82, 2.24) is 0 Å². The molecule has 7 heavy (non-hydrogen) atoms. The monoisotopic (exact) mass is 146 g/mol. The molecule has 0 saturated carbocycles. The van der Waals surface area contributed by atoms with E-state index in [1.165, 1.54) is 0 Å². The van der Waals surface area contributed by atoms with E-state index in [-0.39, 0.29) is 0 Å². The van der Waals surface area contributed by atoms with Crippen molar-refractivity contribution < 1.29 is 17.5 Å². The Morgan fingerprint density at radius 3 is 1.29 bits per heavy atom. The predicted molar refractivity (Wildman–Crippen MR) is 29.1 cm³/mol. The van der Waals surface area contributed by atoms with E-state index in [0.29, 0.717) is 0 Å². The average Bonchev–Trinajstić information content (AvgIpc) is 1.36. The molecule has 6 heteroatoms. The van der Waals surface area contributed by atoms with Crippen LogP contribution in [0.1, 0.15) is 0 Å². The van der Waals surface area contributed by atoms with Crippen LogP contribution in [-0.2, 0) is 10.4 Å². The molecule has 0 fully saturated rings. The Morgan fingerprint density at radius 2 is 1.29 bits per heavy atom. The van der Waals surface area contributed by atoms with Crippen molar-refractivity contribution in [3.8, 4) is 0 Å². The van der Waals surface area contributed by atoms with Crippen molar-refractivity contribution in [2.75, 3.05) is 6.26 Å². The number of thiol groups is 1. The molecule has 0 aliphatic rings. The van der Waals surface area contributed by atoms with E-state index in [1.807, 2.05) is 0 Å². The van der Waals surface area contributed by atoms with E-state index in [0.717, 1.165) is 0 Å². The quantitative estimate of drug-likeness (QED) is 0.329. The van der Waals surface area contributed by atoms with Crippen LogP contribution in [-0.4, -0.2) is 23.8 Å².